The number of nitrogens with zero attached hydrogens (tertiary/aromatic N) is 1. The number of amides is 1. The number of halogens is 1. The van der Waals surface area contributed by atoms with Gasteiger partial charge in [0.25, 0.3) is 5.91 Å². The average Bonchev–Trinajstić information content (AvgIpc) is 2.73. The molecule has 7 nitrogen and oxygen atoms in total. The summed E-state index contributed by atoms with van der Waals surface area (Å²) < 4.78 is 12.1. The van der Waals surface area contributed by atoms with Gasteiger partial charge >= 0.3 is 0 Å². The second-order valence-corrected chi connectivity index (χ2v) is 12.5. The Labute approximate surface area is 221 Å². The minimum Gasteiger partial charge on any atom is -0.490 e. The molecular weight excluding hydrogens is 524 g/mol. The lowest BCUT2D eigenvalue weighted by atomic mass is 9.64. The van der Waals surface area contributed by atoms with E-state index >= 15 is 0 Å². The molecule has 2 aliphatic carbocycles. The number of hydrogen-bond acceptors (Lipinski definition) is 6. The summed E-state index contributed by atoms with van der Waals surface area (Å²) in [5.41, 5.74) is 9.13. The van der Waals surface area contributed by atoms with Crippen molar-refractivity contribution in [1.29, 1.82) is 0 Å². The second-order valence-electron chi connectivity index (χ2n) is 11.6. The quantitative estimate of drug-likeness (QED) is 0.525. The van der Waals surface area contributed by atoms with Gasteiger partial charge in [-0.25, -0.2) is 0 Å². The number of carbonyl (C=O) groups excluding carboxylic acids is 3. The topological polar surface area (TPSA) is 98.9 Å². The van der Waals surface area contributed by atoms with Crippen LogP contribution in [0, 0.1) is 10.8 Å². The number of carbonyl (C=O) groups is 3. The molecule has 36 heavy (non-hydrogen) atoms. The van der Waals surface area contributed by atoms with E-state index in [9.17, 15) is 14.4 Å². The predicted octanol–water partition coefficient (Wildman–Crippen LogP) is 5.03. The van der Waals surface area contributed by atoms with Crippen molar-refractivity contribution in [2.24, 2.45) is 16.6 Å². The van der Waals surface area contributed by atoms with E-state index in [0.717, 1.165) is 29.8 Å². The zero-order valence-electron chi connectivity index (χ0n) is 21.9. The zero-order valence-corrected chi connectivity index (χ0v) is 23.5. The number of hydrogen-bond donors (Lipinski definition) is 1. The molecule has 4 rings (SSSR count). The molecule has 1 aromatic carbocycles. The van der Waals surface area contributed by atoms with Crippen molar-refractivity contribution >= 4 is 33.4 Å². The highest BCUT2D eigenvalue weighted by Gasteiger charge is 2.48. The maximum atomic E-state index is 13.7. The first kappa shape index (κ1) is 26.5. The van der Waals surface area contributed by atoms with Crippen LogP contribution in [0.25, 0.3) is 0 Å². The van der Waals surface area contributed by atoms with Gasteiger partial charge in [0.1, 0.15) is 0 Å². The van der Waals surface area contributed by atoms with E-state index in [1.807, 2.05) is 26.1 Å². The van der Waals surface area contributed by atoms with Crippen LogP contribution in [0.2, 0.25) is 0 Å². The summed E-state index contributed by atoms with van der Waals surface area (Å²) in [5.74, 6) is -0.143. The molecule has 1 heterocycles. The number of Topliss-reactive ketones (excluding diaryl/α,β-unsaturated/α-hetero) is 2. The van der Waals surface area contributed by atoms with Gasteiger partial charge in [0.2, 0.25) is 0 Å². The number of ketones is 2. The van der Waals surface area contributed by atoms with E-state index in [4.69, 9.17) is 15.2 Å². The van der Waals surface area contributed by atoms with E-state index in [0.29, 0.717) is 46.6 Å². The fourth-order valence-corrected chi connectivity index (χ4v) is 6.37. The van der Waals surface area contributed by atoms with Gasteiger partial charge in [-0.3, -0.25) is 14.4 Å². The normalized spacial score (nSPS) is 21.4. The summed E-state index contributed by atoms with van der Waals surface area (Å²) in [6.45, 7) is 10.4. The van der Waals surface area contributed by atoms with Gasteiger partial charge in [-0.1, -0.05) is 27.7 Å². The highest BCUT2D eigenvalue weighted by Crippen LogP contribution is 2.55. The molecule has 0 spiro atoms. The maximum Gasteiger partial charge on any atom is 0.255 e. The van der Waals surface area contributed by atoms with Crippen molar-refractivity contribution < 1.29 is 23.9 Å². The van der Waals surface area contributed by atoms with Crippen molar-refractivity contribution in [3.63, 3.8) is 0 Å². The molecule has 3 aliphatic rings. The lowest BCUT2D eigenvalue weighted by molar-refractivity contribution is -0.121. The zero-order chi connectivity index (χ0) is 26.6. The van der Waals surface area contributed by atoms with Crippen LogP contribution in [0.1, 0.15) is 71.8 Å². The molecular formula is C28H35BrN2O5. The minimum absolute atomic E-state index is 0.0745. The number of allylic oxidation sites excluding steroid dienone is 4. The molecule has 0 saturated carbocycles. The summed E-state index contributed by atoms with van der Waals surface area (Å²) in [7, 11) is 1.99. The Morgan fingerprint density at radius 2 is 1.53 bits per heavy atom. The molecule has 2 N–H and O–H groups in total. The highest BCUT2D eigenvalue weighted by atomic mass is 79.9. The Bertz CT molecular complexity index is 1160. The number of nitrogens with two attached hydrogens (primary N) is 1. The third-order valence-corrected chi connectivity index (χ3v) is 7.79. The third-order valence-electron chi connectivity index (χ3n) is 7.20. The Morgan fingerprint density at radius 3 is 2.00 bits per heavy atom. The predicted molar refractivity (Wildman–Crippen MR) is 141 cm³/mol. The highest BCUT2D eigenvalue weighted by molar-refractivity contribution is 9.10. The van der Waals surface area contributed by atoms with E-state index < -0.39 is 11.8 Å². The Morgan fingerprint density at radius 1 is 1.00 bits per heavy atom. The summed E-state index contributed by atoms with van der Waals surface area (Å²) in [5, 5.41) is 0. The second kappa shape index (κ2) is 9.36. The van der Waals surface area contributed by atoms with Crippen LogP contribution >= 0.6 is 15.9 Å². The first-order chi connectivity index (χ1) is 16.7. The molecule has 0 radical (unpaired) electrons. The molecule has 194 valence electrons. The average molecular weight is 560 g/mol. The van der Waals surface area contributed by atoms with Crippen molar-refractivity contribution in [1.82, 2.24) is 4.90 Å². The van der Waals surface area contributed by atoms with Gasteiger partial charge in [0, 0.05) is 48.3 Å². The molecule has 0 unspecified atom stereocenters. The molecule has 0 bridgehead atoms. The van der Waals surface area contributed by atoms with Gasteiger partial charge in [-0.05, 0) is 64.2 Å². The summed E-state index contributed by atoms with van der Waals surface area (Å²) in [4.78, 5) is 40.8. The van der Waals surface area contributed by atoms with Crippen molar-refractivity contribution in [3.8, 4) is 11.5 Å². The molecule has 0 saturated heterocycles. The summed E-state index contributed by atoms with van der Waals surface area (Å²) in [6.07, 6.45) is 2.37. The number of primary amides is 1. The van der Waals surface area contributed by atoms with Crippen LogP contribution in [0.5, 0.6) is 11.5 Å². The maximum absolute atomic E-state index is 13.7. The first-order valence-electron chi connectivity index (χ1n) is 12.4. The first-order valence-corrected chi connectivity index (χ1v) is 13.2. The van der Waals surface area contributed by atoms with Gasteiger partial charge in [0.15, 0.2) is 29.7 Å². The number of benzene rings is 1. The summed E-state index contributed by atoms with van der Waals surface area (Å²) >= 11 is 3.57. The fraction of sp³-hybridized carbons (Fsp3) is 0.536. The van der Waals surface area contributed by atoms with Crippen LogP contribution < -0.4 is 15.2 Å². The van der Waals surface area contributed by atoms with Crippen LogP contribution in [0.15, 0.2) is 39.1 Å². The largest absolute Gasteiger partial charge is 0.490 e. The Hall–Kier alpha value is -2.61. The standard InChI is InChI=1S/C28H35BrN2O5/c1-7-35-21-9-15(8-16(29)26(21)36-14-22(30)34)23-24-17(10-27(2,3)12-19(24)32)31(6)18-11-28(4,5)13-20(33)25(18)23/h8-9,23H,7,10-14H2,1-6H3,(H2,30,34). The fourth-order valence-electron chi connectivity index (χ4n) is 5.80. The molecule has 8 heteroatoms. The molecule has 0 fully saturated rings. The number of rotatable bonds is 6. The van der Waals surface area contributed by atoms with Gasteiger partial charge in [-0.15, -0.1) is 0 Å². The summed E-state index contributed by atoms with van der Waals surface area (Å²) in [6, 6.07) is 3.69. The van der Waals surface area contributed by atoms with Crippen LogP contribution in [0.3, 0.4) is 0 Å². The van der Waals surface area contributed by atoms with Gasteiger partial charge < -0.3 is 20.1 Å². The van der Waals surface area contributed by atoms with Crippen LogP contribution in [-0.4, -0.2) is 42.6 Å². The lowest BCUT2D eigenvalue weighted by Crippen LogP contribution is -2.43. The Balaban J connectivity index is 1.94. The molecule has 1 aromatic rings. The Kier molecular flexibility index (Phi) is 6.88. The van der Waals surface area contributed by atoms with E-state index in [-0.39, 0.29) is 29.0 Å². The third kappa shape index (κ3) is 4.84. The minimum atomic E-state index is -0.598. The smallest absolute Gasteiger partial charge is 0.255 e. The SMILES string of the molecule is CCOc1cc(C2C3=C(CC(C)(C)CC3=O)N(C)C3=C2C(=O)CC(C)(C)C3)cc(Br)c1OCC(N)=O. The molecule has 0 atom stereocenters. The van der Waals surface area contributed by atoms with Crippen molar-refractivity contribution in [2.45, 2.75) is 66.2 Å². The van der Waals surface area contributed by atoms with Crippen molar-refractivity contribution in [2.75, 3.05) is 20.3 Å². The van der Waals surface area contributed by atoms with Crippen LogP contribution in [0.4, 0.5) is 0 Å². The van der Waals surface area contributed by atoms with Gasteiger partial charge in [0.05, 0.1) is 11.1 Å². The molecule has 0 aromatic heterocycles. The molecule has 1 aliphatic heterocycles. The van der Waals surface area contributed by atoms with Crippen molar-refractivity contribution in [3.05, 3.63) is 44.7 Å². The monoisotopic (exact) mass is 558 g/mol. The number of ether oxygens (including phenoxy) is 2. The van der Waals surface area contributed by atoms with E-state index in [2.05, 4.69) is 48.5 Å². The molecule has 1 amide bonds. The van der Waals surface area contributed by atoms with E-state index in [1.54, 1.807) is 0 Å². The van der Waals surface area contributed by atoms with Gasteiger partial charge in [-0.2, -0.15) is 0 Å². The van der Waals surface area contributed by atoms with E-state index in [1.165, 1.54) is 0 Å². The van der Waals surface area contributed by atoms with Crippen LogP contribution in [-0.2, 0) is 14.4 Å². The lowest BCUT2D eigenvalue weighted by Gasteiger charge is -2.48.